The lowest BCUT2D eigenvalue weighted by molar-refractivity contribution is -0.124. The molecular formula is C17H16FNO3. The van der Waals surface area contributed by atoms with E-state index in [1.54, 1.807) is 38.3 Å². The molecule has 0 aliphatic carbocycles. The largest absolute Gasteiger partial charge is 0.493 e. The molecular weight excluding hydrogens is 285 g/mol. The van der Waals surface area contributed by atoms with Crippen molar-refractivity contribution in [3.8, 4) is 11.5 Å². The molecule has 1 aliphatic rings. The van der Waals surface area contributed by atoms with Gasteiger partial charge in [0.15, 0.2) is 17.6 Å². The fourth-order valence-corrected chi connectivity index (χ4v) is 2.55. The van der Waals surface area contributed by atoms with Gasteiger partial charge in [-0.1, -0.05) is 24.3 Å². The molecule has 0 saturated carbocycles. The average molecular weight is 301 g/mol. The first-order valence-corrected chi connectivity index (χ1v) is 7.00. The third-order valence-electron chi connectivity index (χ3n) is 3.66. The Bertz CT molecular complexity index is 717. The number of halogens is 1. The van der Waals surface area contributed by atoms with Gasteiger partial charge < -0.3 is 14.4 Å². The van der Waals surface area contributed by atoms with Crippen molar-refractivity contribution < 1.29 is 18.7 Å². The molecule has 0 bridgehead atoms. The molecule has 3 rings (SSSR count). The molecule has 1 amide bonds. The number of para-hydroxylation sites is 2. The van der Waals surface area contributed by atoms with Gasteiger partial charge in [-0.3, -0.25) is 4.79 Å². The first-order valence-electron chi connectivity index (χ1n) is 7.00. The van der Waals surface area contributed by atoms with Gasteiger partial charge >= 0.3 is 0 Å². The van der Waals surface area contributed by atoms with E-state index in [2.05, 4.69) is 0 Å². The number of hydrogen-bond donors (Lipinski definition) is 0. The van der Waals surface area contributed by atoms with Crippen LogP contribution >= 0.6 is 0 Å². The van der Waals surface area contributed by atoms with E-state index in [1.165, 1.54) is 11.0 Å². The van der Waals surface area contributed by atoms with Crippen molar-refractivity contribution in [2.24, 2.45) is 0 Å². The van der Waals surface area contributed by atoms with Crippen LogP contribution in [0.15, 0.2) is 42.5 Å². The summed E-state index contributed by atoms with van der Waals surface area (Å²) in [6.45, 7) is 1.88. The third-order valence-corrected chi connectivity index (χ3v) is 3.66. The molecule has 5 heteroatoms. The fourth-order valence-electron chi connectivity index (χ4n) is 2.55. The van der Waals surface area contributed by atoms with Crippen LogP contribution in [0.1, 0.15) is 12.5 Å². The highest BCUT2D eigenvalue weighted by atomic mass is 19.1. The summed E-state index contributed by atoms with van der Waals surface area (Å²) in [7, 11) is 1.55. The summed E-state index contributed by atoms with van der Waals surface area (Å²) >= 11 is 0. The van der Waals surface area contributed by atoms with Crippen LogP contribution in [0, 0.1) is 5.82 Å². The Labute approximate surface area is 128 Å². The Balaban J connectivity index is 2.09. The summed E-state index contributed by atoms with van der Waals surface area (Å²) in [6, 6.07) is 11.7. The lowest BCUT2D eigenvalue weighted by atomic mass is 10.1. The second-order valence-electron chi connectivity index (χ2n) is 5.08. The maximum absolute atomic E-state index is 14.1. The molecule has 0 radical (unpaired) electrons. The second kappa shape index (κ2) is 5.67. The molecule has 114 valence electrons. The summed E-state index contributed by atoms with van der Waals surface area (Å²) in [6.07, 6.45) is -0.725. The Hall–Kier alpha value is -2.56. The standard InChI is InChI=1S/C17H16FNO3/c1-11-17(20)19(14-8-4-3-7-13(14)18)10-12-6-5-9-15(21-2)16(12)22-11/h3-9,11H,10H2,1-2H3/t11-/m1/s1. The first-order chi connectivity index (χ1) is 10.6. The van der Waals surface area contributed by atoms with Crippen molar-refractivity contribution >= 4 is 11.6 Å². The van der Waals surface area contributed by atoms with Crippen LogP contribution in [0.3, 0.4) is 0 Å². The van der Waals surface area contributed by atoms with Crippen LogP contribution in [-0.4, -0.2) is 19.1 Å². The summed E-state index contributed by atoms with van der Waals surface area (Å²) in [4.78, 5) is 14.0. The van der Waals surface area contributed by atoms with Crippen LogP contribution in [-0.2, 0) is 11.3 Å². The highest BCUT2D eigenvalue weighted by Crippen LogP contribution is 2.36. The zero-order chi connectivity index (χ0) is 15.7. The minimum atomic E-state index is -0.725. The second-order valence-corrected chi connectivity index (χ2v) is 5.08. The number of carbonyl (C=O) groups is 1. The Morgan fingerprint density at radius 1 is 1.23 bits per heavy atom. The van der Waals surface area contributed by atoms with Gasteiger partial charge in [0.1, 0.15) is 5.82 Å². The minimum Gasteiger partial charge on any atom is -0.493 e. The van der Waals surface area contributed by atoms with Crippen LogP contribution < -0.4 is 14.4 Å². The summed E-state index contributed by atoms with van der Waals surface area (Å²) in [5.41, 5.74) is 1.03. The molecule has 1 atom stereocenters. The highest BCUT2D eigenvalue weighted by molar-refractivity contribution is 5.97. The van der Waals surface area contributed by atoms with Crippen LogP contribution in [0.4, 0.5) is 10.1 Å². The molecule has 0 N–H and O–H groups in total. The number of rotatable bonds is 2. The normalized spacial score (nSPS) is 17.5. The number of nitrogens with zero attached hydrogens (tertiary/aromatic N) is 1. The van der Waals surface area contributed by atoms with E-state index in [-0.39, 0.29) is 18.1 Å². The van der Waals surface area contributed by atoms with E-state index in [0.29, 0.717) is 11.5 Å². The Morgan fingerprint density at radius 2 is 2.00 bits per heavy atom. The van der Waals surface area contributed by atoms with Crippen molar-refractivity contribution in [1.82, 2.24) is 0 Å². The Morgan fingerprint density at radius 3 is 2.73 bits per heavy atom. The van der Waals surface area contributed by atoms with Crippen molar-refractivity contribution in [2.45, 2.75) is 19.6 Å². The number of carbonyl (C=O) groups excluding carboxylic acids is 1. The fraction of sp³-hybridized carbons (Fsp3) is 0.235. The number of benzene rings is 2. The molecule has 0 unspecified atom stereocenters. The molecule has 1 aliphatic heterocycles. The number of fused-ring (bicyclic) bond motifs is 1. The maximum atomic E-state index is 14.1. The summed E-state index contributed by atoms with van der Waals surface area (Å²) in [5, 5.41) is 0. The van der Waals surface area contributed by atoms with Gasteiger partial charge in [-0.05, 0) is 25.1 Å². The molecule has 1 heterocycles. The number of hydrogen-bond acceptors (Lipinski definition) is 3. The van der Waals surface area contributed by atoms with Crippen molar-refractivity contribution in [3.05, 3.63) is 53.8 Å². The number of anilines is 1. The minimum absolute atomic E-state index is 0.233. The topological polar surface area (TPSA) is 38.8 Å². The van der Waals surface area contributed by atoms with Crippen molar-refractivity contribution in [2.75, 3.05) is 12.0 Å². The van der Waals surface area contributed by atoms with E-state index in [1.807, 2.05) is 12.1 Å². The molecule has 2 aromatic carbocycles. The van der Waals surface area contributed by atoms with Gasteiger partial charge in [0.05, 0.1) is 19.3 Å². The van der Waals surface area contributed by atoms with E-state index in [9.17, 15) is 9.18 Å². The van der Waals surface area contributed by atoms with E-state index in [0.717, 1.165) is 5.56 Å². The zero-order valence-electron chi connectivity index (χ0n) is 12.4. The zero-order valence-corrected chi connectivity index (χ0v) is 12.4. The molecule has 0 aromatic heterocycles. The molecule has 0 saturated heterocycles. The van der Waals surface area contributed by atoms with Crippen LogP contribution in [0.25, 0.3) is 0 Å². The third kappa shape index (κ3) is 2.39. The summed E-state index contributed by atoms with van der Waals surface area (Å²) in [5.74, 6) is 0.370. The van der Waals surface area contributed by atoms with Gasteiger partial charge in [-0.15, -0.1) is 0 Å². The van der Waals surface area contributed by atoms with Crippen molar-refractivity contribution in [1.29, 1.82) is 0 Å². The van der Waals surface area contributed by atoms with Gasteiger partial charge in [-0.25, -0.2) is 4.39 Å². The monoisotopic (exact) mass is 301 g/mol. The van der Waals surface area contributed by atoms with Crippen LogP contribution in [0.2, 0.25) is 0 Å². The average Bonchev–Trinajstić information content (AvgIpc) is 2.65. The van der Waals surface area contributed by atoms with Gasteiger partial charge in [-0.2, -0.15) is 0 Å². The molecule has 0 spiro atoms. The quantitative estimate of drug-likeness (QED) is 0.855. The Kier molecular flexibility index (Phi) is 3.71. The molecule has 0 fully saturated rings. The number of ether oxygens (including phenoxy) is 2. The van der Waals surface area contributed by atoms with E-state index >= 15 is 0 Å². The lowest BCUT2D eigenvalue weighted by Gasteiger charge is -2.22. The van der Waals surface area contributed by atoms with E-state index < -0.39 is 11.9 Å². The number of amides is 1. The van der Waals surface area contributed by atoms with Gasteiger partial charge in [0, 0.05) is 5.56 Å². The number of methoxy groups -OCH3 is 1. The predicted octanol–water partition coefficient (Wildman–Crippen LogP) is 3.15. The first kappa shape index (κ1) is 14.4. The van der Waals surface area contributed by atoms with E-state index in [4.69, 9.17) is 9.47 Å². The van der Waals surface area contributed by atoms with Crippen LogP contribution in [0.5, 0.6) is 11.5 Å². The predicted molar refractivity (Wildman–Crippen MR) is 80.7 cm³/mol. The summed E-state index contributed by atoms with van der Waals surface area (Å²) < 4.78 is 25.1. The lowest BCUT2D eigenvalue weighted by Crippen LogP contribution is -2.38. The molecule has 22 heavy (non-hydrogen) atoms. The SMILES string of the molecule is COc1cccc2c1O[C@H](C)C(=O)N(c1ccccc1F)C2. The smallest absolute Gasteiger partial charge is 0.268 e. The highest BCUT2D eigenvalue weighted by Gasteiger charge is 2.31. The van der Waals surface area contributed by atoms with Crippen molar-refractivity contribution in [3.63, 3.8) is 0 Å². The maximum Gasteiger partial charge on any atom is 0.268 e. The molecule has 4 nitrogen and oxygen atoms in total. The molecule has 2 aromatic rings. The van der Waals surface area contributed by atoms with Gasteiger partial charge in [0.2, 0.25) is 0 Å². The van der Waals surface area contributed by atoms with Gasteiger partial charge in [0.25, 0.3) is 5.91 Å².